The van der Waals surface area contributed by atoms with Gasteiger partial charge in [0.25, 0.3) is 5.91 Å². The maximum Gasteiger partial charge on any atom is 0.355 e. The summed E-state index contributed by atoms with van der Waals surface area (Å²) >= 11 is 1.01. The van der Waals surface area contributed by atoms with Crippen molar-refractivity contribution in [3.63, 3.8) is 0 Å². The van der Waals surface area contributed by atoms with Crippen molar-refractivity contribution < 1.29 is 14.7 Å². The van der Waals surface area contributed by atoms with Gasteiger partial charge in [-0.3, -0.25) is 9.48 Å². The highest BCUT2D eigenvalue weighted by molar-refractivity contribution is 7.11. The van der Waals surface area contributed by atoms with E-state index in [4.69, 9.17) is 5.11 Å². The molecule has 0 aromatic carbocycles. The summed E-state index contributed by atoms with van der Waals surface area (Å²) in [7, 11) is 0. The lowest BCUT2D eigenvalue weighted by Crippen LogP contribution is -2.35. The first-order chi connectivity index (χ1) is 9.06. The van der Waals surface area contributed by atoms with Crippen LogP contribution in [0.25, 0.3) is 0 Å². The fourth-order valence-electron chi connectivity index (χ4n) is 1.50. The van der Waals surface area contributed by atoms with Gasteiger partial charge in [0.15, 0.2) is 10.7 Å². The van der Waals surface area contributed by atoms with E-state index < -0.39 is 5.97 Å². The molecule has 0 aliphatic heterocycles. The summed E-state index contributed by atoms with van der Waals surface area (Å²) in [6.45, 7) is 2.38. The average molecular weight is 280 g/mol. The predicted molar refractivity (Wildman–Crippen MR) is 68.2 cm³/mol. The molecule has 7 nitrogen and oxygen atoms in total. The molecule has 1 atom stereocenters. The molecule has 0 radical (unpaired) electrons. The van der Waals surface area contributed by atoms with E-state index in [0.29, 0.717) is 6.54 Å². The molecule has 1 unspecified atom stereocenters. The molecule has 0 aliphatic carbocycles. The number of thiazole rings is 1. The molecule has 2 heterocycles. The Morgan fingerprint density at radius 3 is 2.95 bits per heavy atom. The van der Waals surface area contributed by atoms with Crippen LogP contribution in [0, 0.1) is 0 Å². The number of aromatic nitrogens is 3. The van der Waals surface area contributed by atoms with Crippen LogP contribution >= 0.6 is 11.3 Å². The maximum atomic E-state index is 11.8. The lowest BCUT2D eigenvalue weighted by Gasteiger charge is -2.12. The van der Waals surface area contributed by atoms with E-state index in [1.165, 1.54) is 5.38 Å². The van der Waals surface area contributed by atoms with Crippen molar-refractivity contribution in [2.24, 2.45) is 0 Å². The highest BCUT2D eigenvalue weighted by Gasteiger charge is 2.16. The van der Waals surface area contributed by atoms with Crippen molar-refractivity contribution in [1.29, 1.82) is 0 Å². The summed E-state index contributed by atoms with van der Waals surface area (Å²) in [5, 5.41) is 17.0. The molecule has 2 aromatic rings. The minimum absolute atomic E-state index is 0.116. The molecule has 2 rings (SSSR count). The topological polar surface area (TPSA) is 97.1 Å². The molecule has 0 saturated heterocycles. The van der Waals surface area contributed by atoms with Gasteiger partial charge in [-0.25, -0.2) is 9.78 Å². The van der Waals surface area contributed by atoms with Gasteiger partial charge < -0.3 is 10.4 Å². The number of amides is 1. The first kappa shape index (κ1) is 13.2. The molecule has 0 saturated carbocycles. The van der Waals surface area contributed by atoms with Crippen LogP contribution in [0.4, 0.5) is 0 Å². The standard InChI is InChI=1S/C11H12N4O3S/c1-7(5-15-4-2-3-12-15)13-9(16)10-14-8(6-19-10)11(17)18/h2-4,6-7H,5H2,1H3,(H,13,16)(H,17,18). The van der Waals surface area contributed by atoms with Crippen LogP contribution in [-0.2, 0) is 6.54 Å². The highest BCUT2D eigenvalue weighted by Crippen LogP contribution is 2.09. The molecule has 0 aliphatic rings. The third-order valence-electron chi connectivity index (χ3n) is 2.32. The SMILES string of the molecule is CC(Cn1cccn1)NC(=O)c1nc(C(=O)O)cs1. The molecule has 0 spiro atoms. The number of carbonyl (C=O) groups excluding carboxylic acids is 1. The molecule has 2 aromatic heterocycles. The van der Waals surface area contributed by atoms with Crippen LogP contribution in [0.15, 0.2) is 23.8 Å². The zero-order valence-electron chi connectivity index (χ0n) is 10.1. The average Bonchev–Trinajstić information content (AvgIpc) is 2.98. The van der Waals surface area contributed by atoms with Gasteiger partial charge in [-0.15, -0.1) is 11.3 Å². The Balaban J connectivity index is 1.94. The van der Waals surface area contributed by atoms with Crippen LogP contribution in [0.3, 0.4) is 0 Å². The van der Waals surface area contributed by atoms with E-state index in [0.717, 1.165) is 11.3 Å². The summed E-state index contributed by atoms with van der Waals surface area (Å²) in [5.74, 6) is -1.52. The van der Waals surface area contributed by atoms with Gasteiger partial charge in [0.2, 0.25) is 0 Å². The van der Waals surface area contributed by atoms with Gasteiger partial charge in [-0.2, -0.15) is 5.10 Å². The van der Waals surface area contributed by atoms with Crippen molar-refractivity contribution in [3.05, 3.63) is 34.5 Å². The fourth-order valence-corrected chi connectivity index (χ4v) is 2.19. The number of hydrogen-bond acceptors (Lipinski definition) is 5. The number of carbonyl (C=O) groups is 2. The third-order valence-corrected chi connectivity index (χ3v) is 3.16. The minimum Gasteiger partial charge on any atom is -0.476 e. The number of nitrogens with zero attached hydrogens (tertiary/aromatic N) is 3. The van der Waals surface area contributed by atoms with Gasteiger partial charge in [-0.05, 0) is 13.0 Å². The van der Waals surface area contributed by atoms with E-state index in [1.807, 2.05) is 6.92 Å². The van der Waals surface area contributed by atoms with Crippen molar-refractivity contribution in [1.82, 2.24) is 20.1 Å². The number of carboxylic acids is 1. The van der Waals surface area contributed by atoms with Gasteiger partial charge in [0.05, 0.1) is 6.54 Å². The van der Waals surface area contributed by atoms with Crippen LogP contribution in [-0.4, -0.2) is 37.8 Å². The fraction of sp³-hybridized carbons (Fsp3) is 0.273. The van der Waals surface area contributed by atoms with E-state index in [1.54, 1.807) is 23.1 Å². The maximum absolute atomic E-state index is 11.8. The number of carboxylic acid groups (broad SMARTS) is 1. The van der Waals surface area contributed by atoms with Gasteiger partial charge >= 0.3 is 5.97 Å². The minimum atomic E-state index is -1.14. The summed E-state index contributed by atoms with van der Waals surface area (Å²) < 4.78 is 1.70. The Bertz CT molecular complexity index is 579. The van der Waals surface area contributed by atoms with Crippen molar-refractivity contribution in [3.8, 4) is 0 Å². The number of nitrogens with one attached hydrogen (secondary N) is 1. The summed E-state index contributed by atoms with van der Waals surface area (Å²) in [6.07, 6.45) is 3.46. The van der Waals surface area contributed by atoms with Gasteiger partial charge in [0, 0.05) is 23.8 Å². The number of aromatic carboxylic acids is 1. The van der Waals surface area contributed by atoms with Crippen LogP contribution in [0.1, 0.15) is 27.2 Å². The zero-order valence-corrected chi connectivity index (χ0v) is 10.9. The summed E-state index contributed by atoms with van der Waals surface area (Å²) in [6, 6.07) is 1.67. The normalized spacial score (nSPS) is 12.1. The number of hydrogen-bond donors (Lipinski definition) is 2. The van der Waals surface area contributed by atoms with E-state index in [2.05, 4.69) is 15.4 Å². The molecule has 100 valence electrons. The third kappa shape index (κ3) is 3.38. The summed E-state index contributed by atoms with van der Waals surface area (Å²) in [4.78, 5) is 26.2. The first-order valence-electron chi connectivity index (χ1n) is 5.53. The van der Waals surface area contributed by atoms with Crippen LogP contribution in [0.2, 0.25) is 0 Å². The van der Waals surface area contributed by atoms with Crippen molar-refractivity contribution >= 4 is 23.2 Å². The second kappa shape index (κ2) is 5.61. The Morgan fingerprint density at radius 2 is 2.37 bits per heavy atom. The van der Waals surface area contributed by atoms with Crippen LogP contribution < -0.4 is 5.32 Å². The van der Waals surface area contributed by atoms with E-state index in [-0.39, 0.29) is 22.7 Å². The quantitative estimate of drug-likeness (QED) is 0.846. The van der Waals surface area contributed by atoms with Crippen molar-refractivity contribution in [2.75, 3.05) is 0 Å². The second-order valence-electron chi connectivity index (χ2n) is 3.95. The molecule has 1 amide bonds. The van der Waals surface area contributed by atoms with E-state index in [9.17, 15) is 9.59 Å². The molecule has 0 fully saturated rings. The van der Waals surface area contributed by atoms with Crippen molar-refractivity contribution in [2.45, 2.75) is 19.5 Å². The van der Waals surface area contributed by atoms with Crippen LogP contribution in [0.5, 0.6) is 0 Å². The smallest absolute Gasteiger partial charge is 0.355 e. The van der Waals surface area contributed by atoms with E-state index >= 15 is 0 Å². The lowest BCUT2D eigenvalue weighted by atomic mass is 10.3. The molecule has 19 heavy (non-hydrogen) atoms. The molecule has 8 heteroatoms. The summed E-state index contributed by atoms with van der Waals surface area (Å²) in [5.41, 5.74) is -0.116. The van der Waals surface area contributed by atoms with Gasteiger partial charge in [-0.1, -0.05) is 0 Å². The molecule has 2 N–H and O–H groups in total. The largest absolute Gasteiger partial charge is 0.476 e. The number of rotatable bonds is 5. The zero-order chi connectivity index (χ0) is 13.8. The highest BCUT2D eigenvalue weighted by atomic mass is 32.1. The Hall–Kier alpha value is -2.22. The molecular weight excluding hydrogens is 268 g/mol. The second-order valence-corrected chi connectivity index (χ2v) is 4.80. The lowest BCUT2D eigenvalue weighted by molar-refractivity contribution is 0.0691. The van der Waals surface area contributed by atoms with Gasteiger partial charge in [0.1, 0.15) is 0 Å². The Morgan fingerprint density at radius 1 is 1.58 bits per heavy atom. The monoisotopic (exact) mass is 280 g/mol. The Kier molecular flexibility index (Phi) is 3.91. The first-order valence-corrected chi connectivity index (χ1v) is 6.41. The predicted octanol–water partition coefficient (Wildman–Crippen LogP) is 0.856. The molecular formula is C11H12N4O3S. The Labute approximate surface area is 112 Å². The molecule has 0 bridgehead atoms.